The van der Waals surface area contributed by atoms with Crippen LogP contribution in [0.25, 0.3) is 0 Å². The summed E-state index contributed by atoms with van der Waals surface area (Å²) in [5, 5.41) is 16.1. The maximum Gasteiger partial charge on any atom is 0.272 e. The summed E-state index contributed by atoms with van der Waals surface area (Å²) < 4.78 is 0. The molecule has 2 aromatic rings. The average molecular weight is 263 g/mol. The lowest BCUT2D eigenvalue weighted by Gasteiger charge is -2.10. The number of carbonyl (C=O) groups excluding carboxylic acids is 1. The van der Waals surface area contributed by atoms with Gasteiger partial charge in [0.1, 0.15) is 0 Å². The highest BCUT2D eigenvalue weighted by atomic mass is 32.1. The molecule has 1 atom stereocenters. The number of hydrogen-bond acceptors (Lipinski definition) is 5. The number of aliphatic hydroxyl groups excluding tert-OH is 1. The Kier molecular flexibility index (Phi) is 3.91. The van der Waals surface area contributed by atoms with Crippen LogP contribution in [0.2, 0.25) is 0 Å². The van der Waals surface area contributed by atoms with Crippen molar-refractivity contribution in [1.29, 1.82) is 0 Å². The predicted molar refractivity (Wildman–Crippen MR) is 70.3 cm³/mol. The van der Waals surface area contributed by atoms with E-state index in [2.05, 4.69) is 10.3 Å². The Hall–Kier alpha value is -1.92. The van der Waals surface area contributed by atoms with Crippen LogP contribution in [0.3, 0.4) is 0 Å². The number of nitrogens with zero attached hydrogens (tertiary/aromatic N) is 1. The molecule has 0 spiro atoms. The van der Waals surface area contributed by atoms with Gasteiger partial charge >= 0.3 is 0 Å². The first-order valence-corrected chi connectivity index (χ1v) is 6.31. The van der Waals surface area contributed by atoms with Gasteiger partial charge < -0.3 is 16.2 Å². The van der Waals surface area contributed by atoms with Crippen LogP contribution in [-0.2, 0) is 0 Å². The number of anilines is 1. The highest BCUT2D eigenvalue weighted by Gasteiger charge is 2.13. The Balaban J connectivity index is 1.95. The Labute approximate surface area is 108 Å². The summed E-state index contributed by atoms with van der Waals surface area (Å²) in [7, 11) is 0. The molecule has 2 heterocycles. The molecule has 0 radical (unpaired) electrons. The number of hydrogen-bond donors (Lipinski definition) is 3. The molecule has 2 aromatic heterocycles. The van der Waals surface area contributed by atoms with Crippen LogP contribution in [0, 0.1) is 0 Å². The van der Waals surface area contributed by atoms with Crippen molar-refractivity contribution in [3.8, 4) is 0 Å². The van der Waals surface area contributed by atoms with E-state index in [9.17, 15) is 9.90 Å². The molecule has 5 nitrogen and oxygen atoms in total. The number of pyridine rings is 1. The molecule has 18 heavy (non-hydrogen) atoms. The van der Waals surface area contributed by atoms with Crippen molar-refractivity contribution in [3.05, 3.63) is 46.4 Å². The van der Waals surface area contributed by atoms with E-state index in [1.807, 2.05) is 16.8 Å². The van der Waals surface area contributed by atoms with Crippen LogP contribution >= 0.6 is 11.3 Å². The van der Waals surface area contributed by atoms with Gasteiger partial charge in [-0.25, -0.2) is 4.98 Å². The third-order valence-corrected chi connectivity index (χ3v) is 3.14. The zero-order valence-electron chi connectivity index (χ0n) is 9.54. The summed E-state index contributed by atoms with van der Waals surface area (Å²) in [5.41, 5.74) is 6.92. The number of thiophene rings is 1. The third-order valence-electron chi connectivity index (χ3n) is 2.44. The Bertz CT molecular complexity index is 528. The predicted octanol–water partition coefficient (Wildman–Crippen LogP) is 1.19. The summed E-state index contributed by atoms with van der Waals surface area (Å²) in [4.78, 5) is 15.7. The largest absolute Gasteiger partial charge is 0.397 e. The summed E-state index contributed by atoms with van der Waals surface area (Å²) in [6, 6.07) is 5.08. The second kappa shape index (κ2) is 5.61. The quantitative estimate of drug-likeness (QED) is 0.773. The van der Waals surface area contributed by atoms with Crippen LogP contribution in [0.5, 0.6) is 0 Å². The van der Waals surface area contributed by atoms with Gasteiger partial charge in [0.05, 0.1) is 11.8 Å². The lowest BCUT2D eigenvalue weighted by molar-refractivity contribution is 0.0912. The molecule has 1 amide bonds. The molecule has 0 aliphatic rings. The van der Waals surface area contributed by atoms with E-state index < -0.39 is 6.10 Å². The topological polar surface area (TPSA) is 88.2 Å². The van der Waals surface area contributed by atoms with Crippen LogP contribution in [0.1, 0.15) is 22.2 Å². The van der Waals surface area contributed by atoms with Crippen molar-refractivity contribution in [2.24, 2.45) is 0 Å². The number of amides is 1. The van der Waals surface area contributed by atoms with Gasteiger partial charge in [-0.3, -0.25) is 4.79 Å². The van der Waals surface area contributed by atoms with Crippen LogP contribution in [0.4, 0.5) is 5.69 Å². The van der Waals surface area contributed by atoms with Crippen LogP contribution in [-0.4, -0.2) is 22.5 Å². The molecule has 4 N–H and O–H groups in total. The maximum atomic E-state index is 11.8. The first-order chi connectivity index (χ1) is 8.68. The standard InChI is InChI=1S/C12H13N3O2S/c13-9-2-1-4-14-11(9)12(17)15-6-10(16)8-3-5-18-7-8/h1-5,7,10,16H,6,13H2,(H,15,17). The highest BCUT2D eigenvalue weighted by Crippen LogP contribution is 2.15. The van der Waals surface area contributed by atoms with Gasteiger partial charge in [-0.1, -0.05) is 0 Å². The molecule has 0 aliphatic carbocycles. The lowest BCUT2D eigenvalue weighted by atomic mass is 10.2. The molecule has 0 aromatic carbocycles. The molecule has 0 saturated heterocycles. The number of nitrogen functional groups attached to an aromatic ring is 1. The fourth-order valence-electron chi connectivity index (χ4n) is 1.46. The number of rotatable bonds is 4. The van der Waals surface area contributed by atoms with Crippen LogP contribution in [0.15, 0.2) is 35.2 Å². The third kappa shape index (κ3) is 2.85. The summed E-state index contributed by atoms with van der Waals surface area (Å²) >= 11 is 1.50. The zero-order chi connectivity index (χ0) is 13.0. The van der Waals surface area contributed by atoms with Crippen molar-refractivity contribution in [1.82, 2.24) is 10.3 Å². The molecule has 94 valence electrons. The highest BCUT2D eigenvalue weighted by molar-refractivity contribution is 7.07. The molecular formula is C12H13N3O2S. The Morgan fingerprint density at radius 2 is 2.39 bits per heavy atom. The lowest BCUT2D eigenvalue weighted by Crippen LogP contribution is -2.29. The van der Waals surface area contributed by atoms with E-state index in [4.69, 9.17) is 5.73 Å². The van der Waals surface area contributed by atoms with Gasteiger partial charge in [0.2, 0.25) is 0 Å². The zero-order valence-corrected chi connectivity index (χ0v) is 10.4. The van der Waals surface area contributed by atoms with Gasteiger partial charge in [0.15, 0.2) is 5.69 Å². The van der Waals surface area contributed by atoms with E-state index in [0.29, 0.717) is 5.69 Å². The molecule has 0 fully saturated rings. The van der Waals surface area contributed by atoms with E-state index in [-0.39, 0.29) is 18.1 Å². The molecule has 1 unspecified atom stereocenters. The van der Waals surface area contributed by atoms with E-state index in [1.165, 1.54) is 17.5 Å². The minimum Gasteiger partial charge on any atom is -0.397 e. The van der Waals surface area contributed by atoms with Gasteiger partial charge in [0.25, 0.3) is 5.91 Å². The van der Waals surface area contributed by atoms with Gasteiger partial charge in [0, 0.05) is 12.7 Å². The number of aliphatic hydroxyl groups is 1. The smallest absolute Gasteiger partial charge is 0.272 e. The SMILES string of the molecule is Nc1cccnc1C(=O)NCC(O)c1ccsc1. The second-order valence-electron chi connectivity index (χ2n) is 3.72. The summed E-state index contributed by atoms with van der Waals surface area (Å²) in [6.45, 7) is 0.131. The minimum atomic E-state index is -0.717. The van der Waals surface area contributed by atoms with E-state index in [1.54, 1.807) is 12.1 Å². The van der Waals surface area contributed by atoms with Gasteiger partial charge in [-0.2, -0.15) is 11.3 Å². The van der Waals surface area contributed by atoms with Crippen molar-refractivity contribution in [2.45, 2.75) is 6.10 Å². The summed E-state index contributed by atoms with van der Waals surface area (Å²) in [5.74, 6) is -0.387. The van der Waals surface area contributed by atoms with E-state index in [0.717, 1.165) is 5.56 Å². The molecule has 2 rings (SSSR count). The van der Waals surface area contributed by atoms with Crippen molar-refractivity contribution >= 4 is 22.9 Å². The Morgan fingerprint density at radius 1 is 1.56 bits per heavy atom. The molecule has 0 bridgehead atoms. The van der Waals surface area contributed by atoms with Gasteiger partial charge in [-0.15, -0.1) is 0 Å². The number of nitrogens with two attached hydrogens (primary N) is 1. The normalized spacial score (nSPS) is 12.1. The summed E-state index contributed by atoms with van der Waals surface area (Å²) in [6.07, 6.45) is 0.783. The fourth-order valence-corrected chi connectivity index (χ4v) is 2.17. The Morgan fingerprint density at radius 3 is 3.06 bits per heavy atom. The monoisotopic (exact) mass is 263 g/mol. The molecule has 0 aliphatic heterocycles. The molecular weight excluding hydrogens is 250 g/mol. The molecule has 6 heteroatoms. The van der Waals surface area contributed by atoms with E-state index >= 15 is 0 Å². The van der Waals surface area contributed by atoms with Gasteiger partial charge in [-0.05, 0) is 34.5 Å². The molecule has 0 saturated carbocycles. The first kappa shape index (κ1) is 12.5. The number of nitrogens with one attached hydrogen (secondary N) is 1. The maximum absolute atomic E-state index is 11.8. The first-order valence-electron chi connectivity index (χ1n) is 5.37. The van der Waals surface area contributed by atoms with Crippen LogP contribution < -0.4 is 11.1 Å². The fraction of sp³-hybridized carbons (Fsp3) is 0.167. The number of carbonyl (C=O) groups is 1. The second-order valence-corrected chi connectivity index (χ2v) is 4.50. The van der Waals surface area contributed by atoms with Crippen molar-refractivity contribution in [3.63, 3.8) is 0 Å². The number of aromatic nitrogens is 1. The minimum absolute atomic E-state index is 0.131. The van der Waals surface area contributed by atoms with Crippen molar-refractivity contribution in [2.75, 3.05) is 12.3 Å². The average Bonchev–Trinajstić information content (AvgIpc) is 2.90. The van der Waals surface area contributed by atoms with Crippen molar-refractivity contribution < 1.29 is 9.90 Å².